The van der Waals surface area contributed by atoms with Crippen LogP contribution in [-0.2, 0) is 0 Å². The molecule has 21 heavy (non-hydrogen) atoms. The summed E-state index contributed by atoms with van der Waals surface area (Å²) in [6.45, 7) is 9.04. The number of aliphatic hydroxyl groups excluding tert-OH is 1. The fraction of sp³-hybridized carbons (Fsp3) is 0.588. The number of aliphatic hydroxyl groups is 1. The number of amides is 1. The maximum absolute atomic E-state index is 12.0. The lowest BCUT2D eigenvalue weighted by Gasteiger charge is -2.21. The molecule has 1 unspecified atom stereocenters. The molecule has 0 bridgehead atoms. The van der Waals surface area contributed by atoms with Crippen LogP contribution in [0.3, 0.4) is 0 Å². The molecule has 1 atom stereocenters. The molecule has 4 heteroatoms. The molecule has 1 aromatic carbocycles. The summed E-state index contributed by atoms with van der Waals surface area (Å²) >= 11 is 0. The van der Waals surface area contributed by atoms with Gasteiger partial charge in [0.2, 0.25) is 0 Å². The zero-order valence-corrected chi connectivity index (χ0v) is 13.4. The fourth-order valence-electron chi connectivity index (χ4n) is 2.26. The van der Waals surface area contributed by atoms with Crippen molar-refractivity contribution < 1.29 is 9.90 Å². The van der Waals surface area contributed by atoms with Gasteiger partial charge in [0.25, 0.3) is 5.91 Å². The van der Waals surface area contributed by atoms with Crippen LogP contribution in [0.4, 0.5) is 5.69 Å². The third kappa shape index (κ3) is 5.76. The minimum Gasteiger partial charge on any atom is -0.396 e. The van der Waals surface area contributed by atoms with Crippen LogP contribution in [0, 0.1) is 5.92 Å². The minimum atomic E-state index is -0.0299. The van der Waals surface area contributed by atoms with Gasteiger partial charge in [-0.15, -0.1) is 0 Å². The third-order valence-electron chi connectivity index (χ3n) is 3.73. The fourth-order valence-corrected chi connectivity index (χ4v) is 2.26. The molecule has 0 heterocycles. The summed E-state index contributed by atoms with van der Waals surface area (Å²) in [7, 11) is 0. The molecule has 1 aromatic rings. The second kappa shape index (κ2) is 9.40. The molecule has 0 aliphatic rings. The van der Waals surface area contributed by atoms with Crippen molar-refractivity contribution in [1.82, 2.24) is 5.32 Å². The first-order valence-electron chi connectivity index (χ1n) is 7.86. The topological polar surface area (TPSA) is 52.6 Å². The van der Waals surface area contributed by atoms with Gasteiger partial charge in [0.1, 0.15) is 0 Å². The number of carbonyl (C=O) groups is 1. The lowest BCUT2D eigenvalue weighted by atomic mass is 10.1. The van der Waals surface area contributed by atoms with Crippen molar-refractivity contribution in [2.75, 3.05) is 31.1 Å². The molecule has 0 saturated heterocycles. The van der Waals surface area contributed by atoms with Gasteiger partial charge in [0.05, 0.1) is 0 Å². The average Bonchev–Trinajstić information content (AvgIpc) is 2.52. The molecule has 0 aromatic heterocycles. The summed E-state index contributed by atoms with van der Waals surface area (Å²) < 4.78 is 0. The van der Waals surface area contributed by atoms with E-state index in [1.807, 2.05) is 31.2 Å². The highest BCUT2D eigenvalue weighted by atomic mass is 16.3. The molecular weight excluding hydrogens is 264 g/mol. The highest BCUT2D eigenvalue weighted by Gasteiger charge is 2.07. The van der Waals surface area contributed by atoms with Crippen molar-refractivity contribution in [1.29, 1.82) is 0 Å². The van der Waals surface area contributed by atoms with Gasteiger partial charge in [-0.25, -0.2) is 0 Å². The Morgan fingerprint density at radius 3 is 2.38 bits per heavy atom. The van der Waals surface area contributed by atoms with E-state index in [0.717, 1.165) is 31.6 Å². The van der Waals surface area contributed by atoms with Gasteiger partial charge >= 0.3 is 0 Å². The Balaban J connectivity index is 2.44. The lowest BCUT2D eigenvalue weighted by molar-refractivity contribution is 0.0952. The zero-order valence-electron chi connectivity index (χ0n) is 13.4. The molecule has 0 aliphatic carbocycles. The standard InChI is InChI=1S/C17H28N2O2/c1-4-19(5-2)16-10-8-15(9-11-16)17(21)18-12-6-7-14(3)13-20/h8-11,14,20H,4-7,12-13H2,1-3H3,(H,18,21). The van der Waals surface area contributed by atoms with E-state index in [4.69, 9.17) is 5.11 Å². The van der Waals surface area contributed by atoms with Gasteiger partial charge in [-0.2, -0.15) is 0 Å². The molecule has 1 rings (SSSR count). The number of rotatable bonds is 9. The van der Waals surface area contributed by atoms with Crippen molar-refractivity contribution >= 4 is 11.6 Å². The van der Waals surface area contributed by atoms with E-state index < -0.39 is 0 Å². The Bertz CT molecular complexity index is 413. The minimum absolute atomic E-state index is 0.0299. The van der Waals surface area contributed by atoms with Crippen molar-refractivity contribution in [3.63, 3.8) is 0 Å². The predicted octanol–water partition coefficient (Wildman–Crippen LogP) is 2.67. The van der Waals surface area contributed by atoms with Gasteiger partial charge in [0.15, 0.2) is 0 Å². The van der Waals surface area contributed by atoms with E-state index in [-0.39, 0.29) is 12.5 Å². The monoisotopic (exact) mass is 292 g/mol. The van der Waals surface area contributed by atoms with Gasteiger partial charge in [0, 0.05) is 37.5 Å². The number of hydrogen-bond acceptors (Lipinski definition) is 3. The largest absolute Gasteiger partial charge is 0.396 e. The number of nitrogens with one attached hydrogen (secondary N) is 1. The van der Waals surface area contributed by atoms with Gasteiger partial charge in [-0.3, -0.25) is 4.79 Å². The second-order valence-corrected chi connectivity index (χ2v) is 5.41. The van der Waals surface area contributed by atoms with E-state index in [0.29, 0.717) is 18.0 Å². The molecule has 0 saturated carbocycles. The van der Waals surface area contributed by atoms with Crippen LogP contribution in [0.5, 0.6) is 0 Å². The van der Waals surface area contributed by atoms with Crippen LogP contribution in [-0.4, -0.2) is 37.3 Å². The quantitative estimate of drug-likeness (QED) is 0.688. The molecule has 0 spiro atoms. The van der Waals surface area contributed by atoms with E-state index in [2.05, 4.69) is 24.1 Å². The van der Waals surface area contributed by atoms with Gasteiger partial charge in [-0.05, 0) is 56.9 Å². The Labute approximate surface area is 128 Å². The molecule has 0 aliphatic heterocycles. The zero-order chi connectivity index (χ0) is 15.7. The molecule has 4 nitrogen and oxygen atoms in total. The number of hydrogen-bond donors (Lipinski definition) is 2. The molecule has 1 amide bonds. The van der Waals surface area contributed by atoms with E-state index >= 15 is 0 Å². The first-order chi connectivity index (χ1) is 10.1. The summed E-state index contributed by atoms with van der Waals surface area (Å²) in [4.78, 5) is 14.3. The van der Waals surface area contributed by atoms with Gasteiger partial charge in [-0.1, -0.05) is 6.92 Å². The van der Waals surface area contributed by atoms with Crippen molar-refractivity contribution in [3.05, 3.63) is 29.8 Å². The number of benzene rings is 1. The molecule has 0 fully saturated rings. The SMILES string of the molecule is CCN(CC)c1ccc(C(=O)NCCCC(C)CO)cc1. The van der Waals surface area contributed by atoms with Crippen LogP contribution in [0.25, 0.3) is 0 Å². The molecule has 0 radical (unpaired) electrons. The number of carbonyl (C=O) groups excluding carboxylic acids is 1. The average molecular weight is 292 g/mol. The summed E-state index contributed by atoms with van der Waals surface area (Å²) in [6.07, 6.45) is 1.82. The van der Waals surface area contributed by atoms with Crippen molar-refractivity contribution in [2.24, 2.45) is 5.92 Å². The van der Waals surface area contributed by atoms with Crippen LogP contribution in [0.15, 0.2) is 24.3 Å². The lowest BCUT2D eigenvalue weighted by Crippen LogP contribution is -2.25. The van der Waals surface area contributed by atoms with Crippen LogP contribution < -0.4 is 10.2 Å². The number of anilines is 1. The highest BCUT2D eigenvalue weighted by molar-refractivity contribution is 5.94. The Morgan fingerprint density at radius 1 is 1.24 bits per heavy atom. The Kier molecular flexibility index (Phi) is 7.83. The first-order valence-corrected chi connectivity index (χ1v) is 7.86. The Hall–Kier alpha value is -1.55. The van der Waals surface area contributed by atoms with Crippen LogP contribution in [0.2, 0.25) is 0 Å². The summed E-state index contributed by atoms with van der Waals surface area (Å²) in [5.74, 6) is 0.271. The predicted molar refractivity (Wildman–Crippen MR) is 87.8 cm³/mol. The highest BCUT2D eigenvalue weighted by Crippen LogP contribution is 2.14. The van der Waals surface area contributed by atoms with Crippen molar-refractivity contribution in [2.45, 2.75) is 33.6 Å². The summed E-state index contributed by atoms with van der Waals surface area (Å²) in [5.41, 5.74) is 1.84. The van der Waals surface area contributed by atoms with E-state index in [1.165, 1.54) is 0 Å². The smallest absolute Gasteiger partial charge is 0.251 e. The first kappa shape index (κ1) is 17.5. The summed E-state index contributed by atoms with van der Waals surface area (Å²) in [5, 5.41) is 11.9. The molecule has 118 valence electrons. The number of nitrogens with zero attached hydrogens (tertiary/aromatic N) is 1. The van der Waals surface area contributed by atoms with E-state index in [1.54, 1.807) is 0 Å². The van der Waals surface area contributed by atoms with Crippen molar-refractivity contribution in [3.8, 4) is 0 Å². The van der Waals surface area contributed by atoms with Gasteiger partial charge < -0.3 is 15.3 Å². The normalized spacial score (nSPS) is 12.0. The molecular formula is C17H28N2O2. The van der Waals surface area contributed by atoms with E-state index in [9.17, 15) is 4.79 Å². The molecule has 2 N–H and O–H groups in total. The third-order valence-corrected chi connectivity index (χ3v) is 3.73. The summed E-state index contributed by atoms with van der Waals surface area (Å²) in [6, 6.07) is 7.74. The Morgan fingerprint density at radius 2 is 1.86 bits per heavy atom. The maximum atomic E-state index is 12.0. The second-order valence-electron chi connectivity index (χ2n) is 5.41. The van der Waals surface area contributed by atoms with Crippen LogP contribution in [0.1, 0.15) is 44.0 Å². The van der Waals surface area contributed by atoms with Crippen LogP contribution >= 0.6 is 0 Å². The maximum Gasteiger partial charge on any atom is 0.251 e.